The second-order valence-electron chi connectivity index (χ2n) is 4.35. The molecule has 0 aliphatic rings. The van der Waals surface area contributed by atoms with Crippen LogP contribution in [0.25, 0.3) is 11.5 Å². The van der Waals surface area contributed by atoms with Crippen molar-refractivity contribution in [2.45, 2.75) is 32.7 Å². The highest BCUT2D eigenvalue weighted by molar-refractivity contribution is 9.10. The second kappa shape index (κ2) is 5.63. The summed E-state index contributed by atoms with van der Waals surface area (Å²) in [6, 6.07) is 6.05. The molecular formula is C13H16BrN3O. The van der Waals surface area contributed by atoms with Crippen LogP contribution >= 0.6 is 15.9 Å². The molecule has 2 aromatic rings. The van der Waals surface area contributed by atoms with Gasteiger partial charge in [-0.1, -0.05) is 34.1 Å². The topological polar surface area (TPSA) is 64.9 Å². The van der Waals surface area contributed by atoms with Crippen molar-refractivity contribution in [2.24, 2.45) is 5.73 Å². The van der Waals surface area contributed by atoms with Crippen LogP contribution in [0.1, 0.15) is 24.7 Å². The van der Waals surface area contributed by atoms with Crippen molar-refractivity contribution in [3.63, 3.8) is 0 Å². The van der Waals surface area contributed by atoms with Crippen LogP contribution in [0.15, 0.2) is 27.2 Å². The molecule has 0 fully saturated rings. The van der Waals surface area contributed by atoms with Gasteiger partial charge in [0.25, 0.3) is 5.89 Å². The van der Waals surface area contributed by atoms with Crippen LogP contribution in [0.5, 0.6) is 0 Å². The maximum Gasteiger partial charge on any atom is 0.257 e. The van der Waals surface area contributed by atoms with E-state index < -0.39 is 0 Å². The van der Waals surface area contributed by atoms with E-state index in [1.54, 1.807) is 0 Å². The summed E-state index contributed by atoms with van der Waals surface area (Å²) in [5.74, 6) is 1.20. The molecule has 5 heteroatoms. The number of aryl methyl sites for hydroxylation is 1. The molecule has 18 heavy (non-hydrogen) atoms. The summed E-state index contributed by atoms with van der Waals surface area (Å²) in [6.45, 7) is 4.08. The van der Waals surface area contributed by atoms with Gasteiger partial charge in [0, 0.05) is 22.5 Å². The van der Waals surface area contributed by atoms with E-state index in [1.807, 2.05) is 32.0 Å². The highest BCUT2D eigenvalue weighted by atomic mass is 79.9. The average molecular weight is 310 g/mol. The normalized spacial score (nSPS) is 12.7. The molecule has 1 atom stereocenters. The lowest BCUT2D eigenvalue weighted by Crippen LogP contribution is -2.21. The lowest BCUT2D eigenvalue weighted by atomic mass is 10.1. The van der Waals surface area contributed by atoms with Crippen LogP contribution in [0.3, 0.4) is 0 Å². The fourth-order valence-electron chi connectivity index (χ4n) is 1.56. The molecule has 2 N–H and O–H groups in total. The van der Waals surface area contributed by atoms with Crippen LogP contribution in [0, 0.1) is 6.92 Å². The Morgan fingerprint density at radius 1 is 1.44 bits per heavy atom. The first-order chi connectivity index (χ1) is 8.60. The van der Waals surface area contributed by atoms with Gasteiger partial charge < -0.3 is 10.3 Å². The highest BCUT2D eigenvalue weighted by Gasteiger charge is 2.11. The molecule has 1 unspecified atom stereocenters. The van der Waals surface area contributed by atoms with E-state index in [0.717, 1.165) is 16.5 Å². The van der Waals surface area contributed by atoms with Crippen molar-refractivity contribution >= 4 is 15.9 Å². The molecule has 0 amide bonds. The Balaban J connectivity index is 2.21. The van der Waals surface area contributed by atoms with Gasteiger partial charge in [-0.2, -0.15) is 4.98 Å². The Morgan fingerprint density at radius 2 is 2.22 bits per heavy atom. The van der Waals surface area contributed by atoms with E-state index in [4.69, 9.17) is 10.3 Å². The van der Waals surface area contributed by atoms with Gasteiger partial charge in [-0.3, -0.25) is 0 Å². The molecule has 0 spiro atoms. The van der Waals surface area contributed by atoms with Gasteiger partial charge in [0.2, 0.25) is 0 Å². The second-order valence-corrected chi connectivity index (χ2v) is 5.21. The quantitative estimate of drug-likeness (QED) is 0.942. The summed E-state index contributed by atoms with van der Waals surface area (Å²) < 4.78 is 6.29. The molecule has 1 aromatic carbocycles. The number of hydrogen-bond donors (Lipinski definition) is 1. The molecular weight excluding hydrogens is 294 g/mol. The monoisotopic (exact) mass is 309 g/mol. The molecule has 0 aliphatic heterocycles. The Bertz CT molecular complexity index is 539. The number of benzene rings is 1. The average Bonchev–Trinajstić information content (AvgIpc) is 2.81. The molecule has 0 saturated carbocycles. The molecule has 0 saturated heterocycles. The van der Waals surface area contributed by atoms with Crippen LogP contribution < -0.4 is 5.73 Å². The number of nitrogens with two attached hydrogens (primary N) is 1. The first-order valence-electron chi connectivity index (χ1n) is 5.95. The fraction of sp³-hybridized carbons (Fsp3) is 0.385. The maximum absolute atomic E-state index is 5.87. The van der Waals surface area contributed by atoms with E-state index in [9.17, 15) is 0 Å². The minimum atomic E-state index is 0.0835. The predicted octanol–water partition coefficient (Wildman–Crippen LogP) is 3.09. The molecule has 96 valence electrons. The zero-order valence-corrected chi connectivity index (χ0v) is 12.1. The maximum atomic E-state index is 5.87. The standard InChI is InChI=1S/C13H16BrN3O/c1-3-10(15)7-12-16-13(18-17-12)9-5-4-8(2)11(14)6-9/h4-6,10H,3,7,15H2,1-2H3. The zero-order valence-electron chi connectivity index (χ0n) is 10.5. The van der Waals surface area contributed by atoms with E-state index in [-0.39, 0.29) is 6.04 Å². The van der Waals surface area contributed by atoms with Crippen molar-refractivity contribution in [1.82, 2.24) is 10.1 Å². The molecule has 1 heterocycles. The van der Waals surface area contributed by atoms with Gasteiger partial charge in [0.15, 0.2) is 5.82 Å². The summed E-state index contributed by atoms with van der Waals surface area (Å²) in [6.07, 6.45) is 1.55. The van der Waals surface area contributed by atoms with Crippen molar-refractivity contribution in [2.75, 3.05) is 0 Å². The zero-order chi connectivity index (χ0) is 13.1. The Hall–Kier alpha value is -1.20. The Morgan fingerprint density at radius 3 is 2.89 bits per heavy atom. The van der Waals surface area contributed by atoms with Gasteiger partial charge in [-0.05, 0) is 31.0 Å². The third-order valence-corrected chi connectivity index (χ3v) is 3.71. The van der Waals surface area contributed by atoms with E-state index >= 15 is 0 Å². The van der Waals surface area contributed by atoms with Crippen molar-refractivity contribution in [3.8, 4) is 11.5 Å². The van der Waals surface area contributed by atoms with Crippen molar-refractivity contribution in [3.05, 3.63) is 34.1 Å². The number of hydrogen-bond acceptors (Lipinski definition) is 4. The van der Waals surface area contributed by atoms with Gasteiger partial charge in [0.1, 0.15) is 0 Å². The minimum Gasteiger partial charge on any atom is -0.334 e. The smallest absolute Gasteiger partial charge is 0.257 e. The first kappa shape index (κ1) is 13.2. The largest absolute Gasteiger partial charge is 0.334 e. The number of aromatic nitrogens is 2. The van der Waals surface area contributed by atoms with Crippen molar-refractivity contribution in [1.29, 1.82) is 0 Å². The van der Waals surface area contributed by atoms with Crippen LogP contribution in [-0.2, 0) is 6.42 Å². The van der Waals surface area contributed by atoms with Crippen LogP contribution in [0.2, 0.25) is 0 Å². The summed E-state index contributed by atoms with van der Waals surface area (Å²) in [7, 11) is 0. The predicted molar refractivity (Wildman–Crippen MR) is 74.1 cm³/mol. The lowest BCUT2D eigenvalue weighted by Gasteiger charge is -2.02. The van der Waals surface area contributed by atoms with Crippen LogP contribution in [0.4, 0.5) is 0 Å². The number of nitrogens with zero attached hydrogens (tertiary/aromatic N) is 2. The molecule has 0 bridgehead atoms. The third kappa shape index (κ3) is 2.97. The van der Waals surface area contributed by atoms with Gasteiger partial charge in [0.05, 0.1) is 0 Å². The van der Waals surface area contributed by atoms with Gasteiger partial charge in [-0.25, -0.2) is 0 Å². The summed E-state index contributed by atoms with van der Waals surface area (Å²) in [5, 5.41) is 3.95. The Kier molecular flexibility index (Phi) is 4.14. The Labute approximate surface area is 115 Å². The van der Waals surface area contributed by atoms with Gasteiger partial charge >= 0.3 is 0 Å². The van der Waals surface area contributed by atoms with Crippen molar-refractivity contribution < 1.29 is 4.52 Å². The molecule has 1 aromatic heterocycles. The third-order valence-electron chi connectivity index (χ3n) is 2.86. The van der Waals surface area contributed by atoms with E-state index in [0.29, 0.717) is 18.1 Å². The fourth-order valence-corrected chi connectivity index (χ4v) is 1.94. The minimum absolute atomic E-state index is 0.0835. The lowest BCUT2D eigenvalue weighted by molar-refractivity contribution is 0.419. The van der Waals surface area contributed by atoms with Crippen LogP contribution in [-0.4, -0.2) is 16.2 Å². The highest BCUT2D eigenvalue weighted by Crippen LogP contribution is 2.24. The van der Waals surface area contributed by atoms with Gasteiger partial charge in [-0.15, -0.1) is 0 Å². The summed E-state index contributed by atoms with van der Waals surface area (Å²) >= 11 is 3.49. The summed E-state index contributed by atoms with van der Waals surface area (Å²) in [4.78, 5) is 4.36. The van der Waals surface area contributed by atoms with E-state index in [2.05, 4.69) is 26.1 Å². The SMILES string of the molecule is CCC(N)Cc1noc(-c2ccc(C)c(Br)c2)n1. The molecule has 0 aliphatic carbocycles. The molecule has 4 nitrogen and oxygen atoms in total. The molecule has 0 radical (unpaired) electrons. The number of rotatable bonds is 4. The summed E-state index contributed by atoms with van der Waals surface area (Å²) in [5.41, 5.74) is 7.95. The van der Waals surface area contributed by atoms with E-state index in [1.165, 1.54) is 5.56 Å². The number of halogens is 1. The molecule has 2 rings (SSSR count). The first-order valence-corrected chi connectivity index (χ1v) is 6.74.